The monoisotopic (exact) mass is 193 g/mol. The molecule has 0 N–H and O–H groups in total. The quantitative estimate of drug-likeness (QED) is 0.402. The van der Waals surface area contributed by atoms with Gasteiger partial charge in [-0.25, -0.2) is 0 Å². The Balaban J connectivity index is 2.25. The zero-order valence-electron chi connectivity index (χ0n) is 7.67. The summed E-state index contributed by atoms with van der Waals surface area (Å²) in [6.45, 7) is 0.682. The van der Waals surface area contributed by atoms with Crippen molar-refractivity contribution in [2.75, 3.05) is 6.54 Å². The lowest BCUT2D eigenvalue weighted by Gasteiger charge is -2.16. The second-order valence-electron chi connectivity index (χ2n) is 3.40. The summed E-state index contributed by atoms with van der Waals surface area (Å²) in [6, 6.07) is 3.51. The fourth-order valence-electron chi connectivity index (χ4n) is 1.86. The van der Waals surface area contributed by atoms with Crippen molar-refractivity contribution in [2.24, 2.45) is 5.29 Å². The van der Waals surface area contributed by atoms with Gasteiger partial charge in [-0.15, -0.1) is 4.91 Å². The van der Waals surface area contributed by atoms with Gasteiger partial charge in [-0.3, -0.25) is 5.01 Å². The number of hydrogen-bond acceptors (Lipinski definition) is 3. The molecule has 2 rings (SSSR count). The summed E-state index contributed by atoms with van der Waals surface area (Å²) in [5, 5.41) is 15.5. The Hall–Kier alpha value is -1.65. The number of nitrogens with zero attached hydrogens (tertiary/aromatic N) is 3. The lowest BCUT2D eigenvalue weighted by atomic mass is 10.1. The van der Waals surface area contributed by atoms with Crippen LogP contribution in [-0.4, -0.2) is 11.6 Å². The Morgan fingerprint density at radius 1 is 1.64 bits per heavy atom. The van der Waals surface area contributed by atoms with Gasteiger partial charge in [0, 0.05) is 18.2 Å². The van der Waals surface area contributed by atoms with E-state index < -0.39 is 0 Å². The molecule has 0 aliphatic carbocycles. The van der Waals surface area contributed by atoms with Crippen LogP contribution in [0.25, 0.3) is 0 Å². The van der Waals surface area contributed by atoms with E-state index in [0.717, 1.165) is 23.1 Å². The molecule has 0 spiro atoms. The number of rotatable bonds is 2. The van der Waals surface area contributed by atoms with E-state index in [1.807, 2.05) is 6.07 Å². The largest absolute Gasteiger partial charge is 0.619 e. The topological polar surface area (TPSA) is 59.6 Å². The summed E-state index contributed by atoms with van der Waals surface area (Å²) < 4.78 is 0.747. The van der Waals surface area contributed by atoms with Crippen LogP contribution in [0.4, 0.5) is 0 Å². The molecule has 1 atom stereocenters. The van der Waals surface area contributed by atoms with E-state index in [1.54, 1.807) is 6.07 Å². The molecule has 2 heterocycles. The van der Waals surface area contributed by atoms with Crippen molar-refractivity contribution in [3.05, 3.63) is 40.2 Å². The molecule has 1 aromatic rings. The van der Waals surface area contributed by atoms with Gasteiger partial charge in [0.1, 0.15) is 0 Å². The lowest BCUT2D eigenvalue weighted by Crippen LogP contribution is -2.27. The highest BCUT2D eigenvalue weighted by atomic mass is 16.5. The van der Waals surface area contributed by atoms with Gasteiger partial charge in [0.25, 0.3) is 0 Å². The molecule has 0 amide bonds. The van der Waals surface area contributed by atoms with Gasteiger partial charge in [0.2, 0.25) is 0 Å². The van der Waals surface area contributed by atoms with E-state index in [1.165, 1.54) is 17.4 Å². The van der Waals surface area contributed by atoms with Gasteiger partial charge < -0.3 is 5.21 Å². The van der Waals surface area contributed by atoms with Gasteiger partial charge in [-0.1, -0.05) is 0 Å². The van der Waals surface area contributed by atoms with E-state index in [2.05, 4.69) is 5.29 Å². The number of hydrogen-bond donors (Lipinski definition) is 0. The summed E-state index contributed by atoms with van der Waals surface area (Å²) in [6.07, 6.45) is 4.76. The third kappa shape index (κ3) is 1.53. The van der Waals surface area contributed by atoms with Crippen molar-refractivity contribution in [3.63, 3.8) is 0 Å². The van der Waals surface area contributed by atoms with E-state index >= 15 is 0 Å². The first-order valence-electron chi connectivity index (χ1n) is 4.60. The van der Waals surface area contributed by atoms with Crippen LogP contribution in [0, 0.1) is 10.1 Å². The number of pyridine rings is 1. The minimum atomic E-state index is -0.0195. The average Bonchev–Trinajstić information content (AvgIpc) is 2.65. The van der Waals surface area contributed by atoms with Crippen LogP contribution in [-0.2, 0) is 0 Å². The van der Waals surface area contributed by atoms with Crippen molar-refractivity contribution >= 4 is 0 Å². The maximum absolute atomic E-state index is 11.0. The van der Waals surface area contributed by atoms with Crippen LogP contribution < -0.4 is 4.73 Å². The SMILES string of the molecule is O=NN1CCC[C@H]1c1ccc[n+]([O-])c1. The Morgan fingerprint density at radius 3 is 3.21 bits per heavy atom. The second kappa shape index (κ2) is 3.61. The highest BCUT2D eigenvalue weighted by Gasteiger charge is 2.27. The van der Waals surface area contributed by atoms with E-state index in [4.69, 9.17) is 0 Å². The molecule has 5 nitrogen and oxygen atoms in total. The molecular weight excluding hydrogens is 182 g/mol. The van der Waals surface area contributed by atoms with E-state index in [9.17, 15) is 10.1 Å². The summed E-state index contributed by atoms with van der Waals surface area (Å²) in [7, 11) is 0. The Morgan fingerprint density at radius 2 is 2.50 bits per heavy atom. The van der Waals surface area contributed by atoms with Gasteiger partial charge in [-0.05, 0) is 18.9 Å². The highest BCUT2D eigenvalue weighted by Crippen LogP contribution is 2.30. The second-order valence-corrected chi connectivity index (χ2v) is 3.40. The van der Waals surface area contributed by atoms with Crippen LogP contribution in [0.5, 0.6) is 0 Å². The maximum atomic E-state index is 11.0. The molecule has 0 radical (unpaired) electrons. The van der Waals surface area contributed by atoms with Gasteiger partial charge in [0.15, 0.2) is 12.4 Å². The van der Waals surface area contributed by atoms with Crippen molar-refractivity contribution in [1.82, 2.24) is 5.01 Å². The minimum absolute atomic E-state index is 0.0195. The molecule has 1 aliphatic rings. The highest BCUT2D eigenvalue weighted by molar-refractivity contribution is 5.12. The zero-order valence-corrected chi connectivity index (χ0v) is 7.67. The Bertz CT molecular complexity index is 343. The first kappa shape index (κ1) is 8.93. The van der Waals surface area contributed by atoms with Crippen LogP contribution in [0.15, 0.2) is 29.8 Å². The standard InChI is InChI=1S/C9H11N3O2/c13-10-12-6-2-4-9(12)8-3-1-5-11(14)7-8/h1,3,5,7,9H,2,4,6H2/t9-/m0/s1. The number of nitroso groups, excluding NO2 is 1. The van der Waals surface area contributed by atoms with Crippen molar-refractivity contribution < 1.29 is 4.73 Å². The van der Waals surface area contributed by atoms with Crippen molar-refractivity contribution in [2.45, 2.75) is 18.9 Å². The Labute approximate surface area is 81.5 Å². The third-order valence-electron chi connectivity index (χ3n) is 2.51. The number of aromatic nitrogens is 1. The molecule has 1 saturated heterocycles. The van der Waals surface area contributed by atoms with E-state index in [-0.39, 0.29) is 6.04 Å². The fraction of sp³-hybridized carbons (Fsp3) is 0.444. The fourth-order valence-corrected chi connectivity index (χ4v) is 1.86. The van der Waals surface area contributed by atoms with Crippen LogP contribution in [0.2, 0.25) is 0 Å². The van der Waals surface area contributed by atoms with Gasteiger partial charge >= 0.3 is 0 Å². The van der Waals surface area contributed by atoms with Crippen LogP contribution in [0.1, 0.15) is 24.4 Å². The predicted molar refractivity (Wildman–Crippen MR) is 49.9 cm³/mol. The zero-order chi connectivity index (χ0) is 9.97. The molecular formula is C9H11N3O2. The minimum Gasteiger partial charge on any atom is -0.619 e. The molecule has 1 fully saturated rings. The molecule has 1 aromatic heterocycles. The lowest BCUT2D eigenvalue weighted by molar-refractivity contribution is -0.606. The Kier molecular flexibility index (Phi) is 2.30. The van der Waals surface area contributed by atoms with Crippen molar-refractivity contribution in [1.29, 1.82) is 0 Å². The average molecular weight is 193 g/mol. The first-order valence-corrected chi connectivity index (χ1v) is 4.60. The summed E-state index contributed by atoms with van der Waals surface area (Å²) in [5.74, 6) is 0. The predicted octanol–water partition coefficient (Wildman–Crippen LogP) is 1.14. The smallest absolute Gasteiger partial charge is 0.185 e. The molecule has 5 heteroatoms. The molecule has 0 unspecified atom stereocenters. The molecule has 0 bridgehead atoms. The van der Waals surface area contributed by atoms with E-state index in [0.29, 0.717) is 6.54 Å². The summed E-state index contributed by atoms with van der Waals surface area (Å²) in [5.41, 5.74) is 0.861. The summed E-state index contributed by atoms with van der Waals surface area (Å²) in [4.78, 5) is 10.5. The molecule has 1 aliphatic heterocycles. The van der Waals surface area contributed by atoms with Crippen molar-refractivity contribution in [3.8, 4) is 0 Å². The third-order valence-corrected chi connectivity index (χ3v) is 2.51. The van der Waals surface area contributed by atoms with Crippen LogP contribution in [0.3, 0.4) is 0 Å². The normalized spacial score (nSPS) is 21.1. The molecule has 0 aromatic carbocycles. The van der Waals surface area contributed by atoms with Crippen LogP contribution >= 0.6 is 0 Å². The van der Waals surface area contributed by atoms with Gasteiger partial charge in [0.05, 0.1) is 11.3 Å². The first-order chi connectivity index (χ1) is 6.81. The molecule has 74 valence electrons. The molecule has 0 saturated carbocycles. The molecule has 14 heavy (non-hydrogen) atoms. The maximum Gasteiger partial charge on any atom is 0.185 e. The summed E-state index contributed by atoms with van der Waals surface area (Å²) >= 11 is 0. The van der Waals surface area contributed by atoms with Gasteiger partial charge in [-0.2, -0.15) is 4.73 Å².